The van der Waals surface area contributed by atoms with Crippen molar-refractivity contribution in [3.8, 4) is 0 Å². The molecule has 0 amide bonds. The Labute approximate surface area is 131 Å². The van der Waals surface area contributed by atoms with Crippen LogP contribution in [0, 0.1) is 11.3 Å². The Hall–Kier alpha value is -0.120. The minimum Gasteiger partial charge on any atom is -0.381 e. The molecule has 2 atom stereocenters. The van der Waals surface area contributed by atoms with Gasteiger partial charge in [0.05, 0.1) is 6.61 Å². The molecule has 2 rings (SSSR count). The van der Waals surface area contributed by atoms with E-state index in [0.717, 1.165) is 19.8 Å². The van der Waals surface area contributed by atoms with E-state index in [1.165, 1.54) is 58.2 Å². The summed E-state index contributed by atoms with van der Waals surface area (Å²) in [5, 5.41) is 3.74. The third-order valence-electron chi connectivity index (χ3n) is 6.04. The third-order valence-corrected chi connectivity index (χ3v) is 6.04. The topological polar surface area (TPSA) is 24.5 Å². The number of ether oxygens (including phenoxy) is 1. The first-order chi connectivity index (χ1) is 10.2. The summed E-state index contributed by atoms with van der Waals surface area (Å²) in [6, 6.07) is 0.669. The number of nitrogens with zero attached hydrogens (tertiary/aromatic N) is 1. The van der Waals surface area contributed by atoms with Crippen LogP contribution < -0.4 is 5.32 Å². The second-order valence-electron chi connectivity index (χ2n) is 7.19. The van der Waals surface area contributed by atoms with E-state index in [1.54, 1.807) is 0 Å². The summed E-state index contributed by atoms with van der Waals surface area (Å²) in [5.41, 5.74) is 0.638. The van der Waals surface area contributed by atoms with Gasteiger partial charge in [0, 0.05) is 25.1 Å². The van der Waals surface area contributed by atoms with Gasteiger partial charge in [0.15, 0.2) is 0 Å². The lowest BCUT2D eigenvalue weighted by Gasteiger charge is -2.43. The molecule has 2 heterocycles. The highest BCUT2D eigenvalue weighted by Crippen LogP contribution is 2.38. The minimum atomic E-state index is 0.638. The predicted molar refractivity (Wildman–Crippen MR) is 89.7 cm³/mol. The highest BCUT2D eigenvalue weighted by molar-refractivity contribution is 4.87. The zero-order valence-electron chi connectivity index (χ0n) is 14.5. The molecule has 0 aromatic heterocycles. The van der Waals surface area contributed by atoms with Gasteiger partial charge in [-0.2, -0.15) is 0 Å². The fourth-order valence-corrected chi connectivity index (χ4v) is 4.07. The molecule has 21 heavy (non-hydrogen) atoms. The molecule has 3 nitrogen and oxygen atoms in total. The zero-order valence-corrected chi connectivity index (χ0v) is 14.5. The van der Waals surface area contributed by atoms with Crippen LogP contribution in [-0.2, 0) is 4.74 Å². The Morgan fingerprint density at radius 3 is 2.48 bits per heavy atom. The van der Waals surface area contributed by atoms with E-state index in [1.807, 2.05) is 0 Å². The molecule has 124 valence electrons. The van der Waals surface area contributed by atoms with Gasteiger partial charge in [0.1, 0.15) is 0 Å². The van der Waals surface area contributed by atoms with Crippen LogP contribution >= 0.6 is 0 Å². The molecule has 3 heteroatoms. The fraction of sp³-hybridized carbons (Fsp3) is 1.00. The quantitative estimate of drug-likeness (QED) is 0.780. The second-order valence-corrected chi connectivity index (χ2v) is 7.19. The molecule has 0 radical (unpaired) electrons. The Balaban J connectivity index is 1.80. The summed E-state index contributed by atoms with van der Waals surface area (Å²) in [6.45, 7) is 13.8. The number of hydrogen-bond donors (Lipinski definition) is 1. The standard InChI is InChI=1S/C18H36N2O/c1-4-10-19-17-7-13-21-15-16(17)14-20-11-8-18(5-2,6-3)9-12-20/h16-17,19H,4-15H2,1-3H3. The van der Waals surface area contributed by atoms with Crippen molar-refractivity contribution in [2.45, 2.75) is 65.3 Å². The van der Waals surface area contributed by atoms with E-state index >= 15 is 0 Å². The number of piperidine rings is 1. The van der Waals surface area contributed by atoms with Gasteiger partial charge in [0.2, 0.25) is 0 Å². The van der Waals surface area contributed by atoms with E-state index in [9.17, 15) is 0 Å². The average Bonchev–Trinajstić information content (AvgIpc) is 2.55. The van der Waals surface area contributed by atoms with Crippen LogP contribution in [0.3, 0.4) is 0 Å². The molecular formula is C18H36N2O. The summed E-state index contributed by atoms with van der Waals surface area (Å²) in [5.74, 6) is 0.682. The molecule has 2 aliphatic heterocycles. The first-order valence-corrected chi connectivity index (χ1v) is 9.26. The van der Waals surface area contributed by atoms with Crippen molar-refractivity contribution >= 4 is 0 Å². The molecule has 0 aromatic carbocycles. The van der Waals surface area contributed by atoms with Crippen molar-refractivity contribution in [2.24, 2.45) is 11.3 Å². The van der Waals surface area contributed by atoms with Gasteiger partial charge < -0.3 is 15.0 Å². The van der Waals surface area contributed by atoms with Crippen molar-refractivity contribution in [1.29, 1.82) is 0 Å². The van der Waals surface area contributed by atoms with Gasteiger partial charge >= 0.3 is 0 Å². The highest BCUT2D eigenvalue weighted by Gasteiger charge is 2.33. The maximum absolute atomic E-state index is 5.75. The normalized spacial score (nSPS) is 30.4. The van der Waals surface area contributed by atoms with Crippen LogP contribution in [0.4, 0.5) is 0 Å². The van der Waals surface area contributed by atoms with Crippen molar-refractivity contribution in [2.75, 3.05) is 39.4 Å². The maximum atomic E-state index is 5.75. The molecule has 0 saturated carbocycles. The minimum absolute atomic E-state index is 0.638. The fourth-order valence-electron chi connectivity index (χ4n) is 4.07. The van der Waals surface area contributed by atoms with Crippen molar-refractivity contribution in [3.05, 3.63) is 0 Å². The summed E-state index contributed by atoms with van der Waals surface area (Å²) >= 11 is 0. The van der Waals surface area contributed by atoms with E-state index < -0.39 is 0 Å². The van der Waals surface area contributed by atoms with Gasteiger partial charge in [-0.15, -0.1) is 0 Å². The predicted octanol–water partition coefficient (Wildman–Crippen LogP) is 3.29. The second kappa shape index (κ2) is 8.50. The van der Waals surface area contributed by atoms with Crippen molar-refractivity contribution in [3.63, 3.8) is 0 Å². The van der Waals surface area contributed by atoms with Crippen LogP contribution in [0.25, 0.3) is 0 Å². The van der Waals surface area contributed by atoms with Gasteiger partial charge in [-0.1, -0.05) is 33.6 Å². The lowest BCUT2D eigenvalue weighted by Crippen LogP contribution is -2.50. The molecular weight excluding hydrogens is 260 g/mol. The molecule has 2 aliphatic rings. The highest BCUT2D eigenvalue weighted by atomic mass is 16.5. The lowest BCUT2D eigenvalue weighted by molar-refractivity contribution is 0.00411. The molecule has 0 aromatic rings. The van der Waals surface area contributed by atoms with E-state index in [-0.39, 0.29) is 0 Å². The van der Waals surface area contributed by atoms with Gasteiger partial charge in [-0.3, -0.25) is 0 Å². The summed E-state index contributed by atoms with van der Waals surface area (Å²) in [7, 11) is 0. The molecule has 2 fully saturated rings. The SMILES string of the molecule is CCCNC1CCOCC1CN1CCC(CC)(CC)CC1. The third kappa shape index (κ3) is 4.67. The van der Waals surface area contributed by atoms with Crippen LogP contribution in [-0.4, -0.2) is 50.3 Å². The maximum Gasteiger partial charge on any atom is 0.0521 e. The Bertz CT molecular complexity index is 281. The van der Waals surface area contributed by atoms with Crippen LogP contribution in [0.5, 0.6) is 0 Å². The molecule has 2 saturated heterocycles. The number of nitrogens with one attached hydrogen (secondary N) is 1. The van der Waals surface area contributed by atoms with Gasteiger partial charge in [0.25, 0.3) is 0 Å². The van der Waals surface area contributed by atoms with Gasteiger partial charge in [-0.05, 0) is 50.7 Å². The Kier molecular flexibility index (Phi) is 6.97. The Morgan fingerprint density at radius 1 is 1.14 bits per heavy atom. The number of hydrogen-bond acceptors (Lipinski definition) is 3. The smallest absolute Gasteiger partial charge is 0.0521 e. The molecule has 0 bridgehead atoms. The molecule has 0 aliphatic carbocycles. The Morgan fingerprint density at radius 2 is 1.86 bits per heavy atom. The first-order valence-electron chi connectivity index (χ1n) is 9.26. The van der Waals surface area contributed by atoms with Crippen LogP contribution in [0.2, 0.25) is 0 Å². The largest absolute Gasteiger partial charge is 0.381 e. The molecule has 0 spiro atoms. The van der Waals surface area contributed by atoms with E-state index in [2.05, 4.69) is 31.0 Å². The van der Waals surface area contributed by atoms with Crippen molar-refractivity contribution < 1.29 is 4.74 Å². The first kappa shape index (κ1) is 17.2. The summed E-state index contributed by atoms with van der Waals surface area (Å²) in [6.07, 6.45) is 7.89. The zero-order chi connectivity index (χ0) is 15.1. The summed E-state index contributed by atoms with van der Waals surface area (Å²) in [4.78, 5) is 2.70. The molecule has 1 N–H and O–H groups in total. The van der Waals surface area contributed by atoms with Gasteiger partial charge in [-0.25, -0.2) is 0 Å². The van der Waals surface area contributed by atoms with E-state index in [0.29, 0.717) is 17.4 Å². The molecule has 2 unspecified atom stereocenters. The monoisotopic (exact) mass is 296 g/mol. The van der Waals surface area contributed by atoms with E-state index in [4.69, 9.17) is 4.74 Å². The van der Waals surface area contributed by atoms with Crippen LogP contribution in [0.1, 0.15) is 59.3 Å². The van der Waals surface area contributed by atoms with Crippen molar-refractivity contribution in [1.82, 2.24) is 10.2 Å². The average molecular weight is 296 g/mol. The lowest BCUT2D eigenvalue weighted by atomic mass is 9.74. The number of likely N-dealkylation sites (tertiary alicyclic amines) is 1. The summed E-state index contributed by atoms with van der Waals surface area (Å²) < 4.78 is 5.75. The number of rotatable bonds is 7. The van der Waals surface area contributed by atoms with Crippen LogP contribution in [0.15, 0.2) is 0 Å².